The predicted molar refractivity (Wildman–Crippen MR) is 105 cm³/mol. The minimum atomic E-state index is 0.444. The van der Waals surface area contributed by atoms with Gasteiger partial charge in [-0.1, -0.05) is 24.3 Å². The van der Waals surface area contributed by atoms with Crippen LogP contribution < -0.4 is 4.74 Å². The third-order valence-corrected chi connectivity index (χ3v) is 4.73. The fourth-order valence-corrected chi connectivity index (χ4v) is 3.17. The highest BCUT2D eigenvalue weighted by molar-refractivity contribution is 9.10. The Morgan fingerprint density at radius 3 is 2.67 bits per heavy atom. The van der Waals surface area contributed by atoms with Gasteiger partial charge in [0.15, 0.2) is 0 Å². The van der Waals surface area contributed by atoms with Crippen LogP contribution in [-0.2, 0) is 13.7 Å². The Bertz CT molecular complexity index is 1090. The number of para-hydroxylation sites is 1. The van der Waals surface area contributed by atoms with E-state index in [1.54, 1.807) is 4.68 Å². The second-order valence-corrected chi connectivity index (χ2v) is 6.99. The van der Waals surface area contributed by atoms with Crippen LogP contribution in [0.25, 0.3) is 22.9 Å². The zero-order chi connectivity index (χ0) is 18.8. The highest BCUT2D eigenvalue weighted by atomic mass is 79.9. The van der Waals surface area contributed by atoms with E-state index in [0.717, 1.165) is 32.6 Å². The summed E-state index contributed by atoms with van der Waals surface area (Å²) < 4.78 is 14.4. The molecule has 0 bridgehead atoms. The van der Waals surface area contributed by atoms with Gasteiger partial charge in [0.2, 0.25) is 5.89 Å². The Morgan fingerprint density at radius 2 is 1.89 bits per heavy atom. The first kappa shape index (κ1) is 17.5. The number of benzene rings is 2. The molecule has 0 saturated carbocycles. The van der Waals surface area contributed by atoms with Crippen LogP contribution in [0.5, 0.6) is 5.75 Å². The number of rotatable bonds is 5. The van der Waals surface area contributed by atoms with E-state index in [2.05, 4.69) is 31.2 Å². The first-order valence-corrected chi connectivity index (χ1v) is 9.20. The van der Waals surface area contributed by atoms with Gasteiger partial charge >= 0.3 is 0 Å². The molecule has 0 fully saturated rings. The van der Waals surface area contributed by atoms with E-state index in [9.17, 15) is 0 Å². The summed E-state index contributed by atoms with van der Waals surface area (Å²) in [6.45, 7) is 2.36. The molecule has 136 valence electrons. The van der Waals surface area contributed by atoms with E-state index in [4.69, 9.17) is 9.15 Å². The molecule has 6 nitrogen and oxygen atoms in total. The van der Waals surface area contributed by atoms with Crippen molar-refractivity contribution >= 4 is 15.9 Å². The van der Waals surface area contributed by atoms with Crippen LogP contribution in [0, 0.1) is 6.92 Å². The van der Waals surface area contributed by atoms with Crippen LogP contribution >= 0.6 is 15.9 Å². The van der Waals surface area contributed by atoms with Crippen LogP contribution in [-0.4, -0.2) is 20.0 Å². The van der Waals surface area contributed by atoms with Gasteiger partial charge in [0, 0.05) is 18.8 Å². The monoisotopic (exact) mass is 424 g/mol. The molecule has 4 aromatic rings. The molecule has 0 spiro atoms. The largest absolute Gasteiger partial charge is 0.488 e. The maximum absolute atomic E-state index is 5.88. The molecule has 2 aromatic heterocycles. The molecule has 27 heavy (non-hydrogen) atoms. The first-order valence-electron chi connectivity index (χ1n) is 8.41. The van der Waals surface area contributed by atoms with Crippen LogP contribution in [0.2, 0.25) is 0 Å². The van der Waals surface area contributed by atoms with Gasteiger partial charge in [-0.05, 0) is 52.7 Å². The standard InChI is InChI=1S/C20H17BrN4O2/c1-13-16(11-25(2)24-13)20-23-22-19(27-20)15-7-5-6-14(10-15)12-26-18-9-4-3-8-17(18)21/h3-11H,12H2,1-2H3. The molecule has 2 aromatic carbocycles. The molecule has 0 unspecified atom stereocenters. The van der Waals surface area contributed by atoms with E-state index in [-0.39, 0.29) is 0 Å². The van der Waals surface area contributed by atoms with E-state index < -0.39 is 0 Å². The van der Waals surface area contributed by atoms with Crippen LogP contribution in [0.3, 0.4) is 0 Å². The summed E-state index contributed by atoms with van der Waals surface area (Å²) in [4.78, 5) is 0. The zero-order valence-electron chi connectivity index (χ0n) is 14.9. The summed E-state index contributed by atoms with van der Waals surface area (Å²) in [6, 6.07) is 15.7. The quantitative estimate of drug-likeness (QED) is 0.460. The Morgan fingerprint density at radius 1 is 1.07 bits per heavy atom. The topological polar surface area (TPSA) is 66.0 Å². The number of ether oxygens (including phenoxy) is 1. The molecule has 7 heteroatoms. The van der Waals surface area contributed by atoms with Gasteiger partial charge in [-0.2, -0.15) is 5.10 Å². The van der Waals surface area contributed by atoms with E-state index in [1.165, 1.54) is 0 Å². The lowest BCUT2D eigenvalue weighted by Gasteiger charge is -2.08. The summed E-state index contributed by atoms with van der Waals surface area (Å²) in [5.74, 6) is 1.73. The Balaban J connectivity index is 1.54. The van der Waals surface area contributed by atoms with Gasteiger partial charge in [-0.15, -0.1) is 10.2 Å². The average Bonchev–Trinajstić information content (AvgIpc) is 3.27. The van der Waals surface area contributed by atoms with Gasteiger partial charge in [0.05, 0.1) is 15.7 Å². The summed E-state index contributed by atoms with van der Waals surface area (Å²) in [5.41, 5.74) is 3.55. The lowest BCUT2D eigenvalue weighted by molar-refractivity contribution is 0.304. The minimum absolute atomic E-state index is 0.444. The average molecular weight is 425 g/mol. The number of hydrogen-bond acceptors (Lipinski definition) is 5. The van der Waals surface area contributed by atoms with Crippen LogP contribution in [0.15, 0.2) is 63.6 Å². The molecule has 2 heterocycles. The third-order valence-electron chi connectivity index (χ3n) is 4.07. The van der Waals surface area contributed by atoms with Crippen molar-refractivity contribution < 1.29 is 9.15 Å². The molecule has 0 amide bonds. The Labute approximate surface area is 164 Å². The number of aryl methyl sites for hydroxylation is 2. The summed E-state index contributed by atoms with van der Waals surface area (Å²) in [7, 11) is 1.86. The van der Waals surface area contributed by atoms with Crippen molar-refractivity contribution in [1.29, 1.82) is 0 Å². The normalized spacial score (nSPS) is 10.9. The molecule has 0 atom stereocenters. The highest BCUT2D eigenvalue weighted by Gasteiger charge is 2.15. The predicted octanol–water partition coefficient (Wildman–Crippen LogP) is 4.79. The molecule has 0 radical (unpaired) electrons. The minimum Gasteiger partial charge on any atom is -0.488 e. The van der Waals surface area contributed by atoms with Gasteiger partial charge < -0.3 is 9.15 Å². The molecule has 0 N–H and O–H groups in total. The maximum atomic E-state index is 5.88. The van der Waals surface area contributed by atoms with Crippen molar-refractivity contribution in [3.05, 3.63) is 70.5 Å². The summed E-state index contributed by atoms with van der Waals surface area (Å²) in [6.07, 6.45) is 1.87. The van der Waals surface area contributed by atoms with Crippen molar-refractivity contribution in [2.45, 2.75) is 13.5 Å². The Kier molecular flexibility index (Phi) is 4.77. The molecule has 0 saturated heterocycles. The van der Waals surface area contributed by atoms with Gasteiger partial charge in [-0.25, -0.2) is 0 Å². The molecule has 4 rings (SSSR count). The highest BCUT2D eigenvalue weighted by Crippen LogP contribution is 2.27. The van der Waals surface area contributed by atoms with Crippen LogP contribution in [0.1, 0.15) is 11.3 Å². The zero-order valence-corrected chi connectivity index (χ0v) is 16.5. The maximum Gasteiger partial charge on any atom is 0.251 e. The fraction of sp³-hybridized carbons (Fsp3) is 0.150. The Hall–Kier alpha value is -2.93. The van der Waals surface area contributed by atoms with Crippen molar-refractivity contribution in [3.63, 3.8) is 0 Å². The number of aromatic nitrogens is 4. The molecule has 0 aliphatic rings. The number of hydrogen-bond donors (Lipinski definition) is 0. The number of nitrogens with zero attached hydrogens (tertiary/aromatic N) is 4. The van der Waals surface area contributed by atoms with Gasteiger partial charge in [-0.3, -0.25) is 4.68 Å². The second kappa shape index (κ2) is 7.36. The molecular formula is C20H17BrN4O2. The van der Waals surface area contributed by atoms with Crippen molar-refractivity contribution in [2.24, 2.45) is 7.05 Å². The first-order chi connectivity index (χ1) is 13.1. The van der Waals surface area contributed by atoms with Crippen LogP contribution in [0.4, 0.5) is 0 Å². The summed E-state index contributed by atoms with van der Waals surface area (Å²) in [5, 5.41) is 12.7. The van der Waals surface area contributed by atoms with E-state index >= 15 is 0 Å². The lowest BCUT2D eigenvalue weighted by atomic mass is 10.1. The molecule has 0 aliphatic heterocycles. The van der Waals surface area contributed by atoms with E-state index in [0.29, 0.717) is 18.4 Å². The SMILES string of the molecule is Cc1nn(C)cc1-c1nnc(-c2cccc(COc3ccccc3Br)c2)o1. The van der Waals surface area contributed by atoms with Gasteiger partial charge in [0.1, 0.15) is 12.4 Å². The summed E-state index contributed by atoms with van der Waals surface area (Å²) >= 11 is 3.49. The van der Waals surface area contributed by atoms with Crippen molar-refractivity contribution in [2.75, 3.05) is 0 Å². The fourth-order valence-electron chi connectivity index (χ4n) is 2.78. The lowest BCUT2D eigenvalue weighted by Crippen LogP contribution is -1.96. The smallest absolute Gasteiger partial charge is 0.251 e. The van der Waals surface area contributed by atoms with Crippen molar-refractivity contribution in [3.8, 4) is 28.7 Å². The second-order valence-electron chi connectivity index (χ2n) is 6.13. The van der Waals surface area contributed by atoms with Gasteiger partial charge in [0.25, 0.3) is 5.89 Å². The molecule has 0 aliphatic carbocycles. The number of halogens is 1. The molecular weight excluding hydrogens is 408 g/mol. The third kappa shape index (κ3) is 3.78. The van der Waals surface area contributed by atoms with Crippen molar-refractivity contribution in [1.82, 2.24) is 20.0 Å². The van der Waals surface area contributed by atoms with E-state index in [1.807, 2.05) is 68.7 Å².